The van der Waals surface area contributed by atoms with Gasteiger partial charge in [-0.25, -0.2) is 0 Å². The first-order valence-electron chi connectivity index (χ1n) is 7.23. The molecule has 100 valence electrons. The lowest BCUT2D eigenvalue weighted by Gasteiger charge is -2.15. The summed E-state index contributed by atoms with van der Waals surface area (Å²) in [5.41, 5.74) is 1.23. The van der Waals surface area contributed by atoms with Crippen LogP contribution in [0.2, 0.25) is 0 Å². The topological polar surface area (TPSA) is 33.1 Å². The maximum atomic E-state index is 4.70. The van der Waals surface area contributed by atoms with E-state index in [4.69, 9.17) is 5.10 Å². The molecule has 0 bridgehead atoms. The minimum Gasteiger partial charge on any atom is -0.316 e. The van der Waals surface area contributed by atoms with Gasteiger partial charge in [-0.3, -0.25) is 9.58 Å². The average molecular weight is 248 g/mol. The molecule has 1 unspecified atom stereocenters. The van der Waals surface area contributed by atoms with E-state index in [9.17, 15) is 0 Å². The summed E-state index contributed by atoms with van der Waals surface area (Å²) >= 11 is 0. The Morgan fingerprint density at radius 1 is 1.39 bits per heavy atom. The monoisotopic (exact) mass is 248 g/mol. The van der Waals surface area contributed by atoms with Gasteiger partial charge in [0.25, 0.3) is 0 Å². The molecule has 2 fully saturated rings. The smallest absolute Gasteiger partial charge is 0.0764 e. The van der Waals surface area contributed by atoms with Crippen molar-refractivity contribution in [3.05, 3.63) is 18.0 Å². The van der Waals surface area contributed by atoms with Crippen molar-refractivity contribution < 1.29 is 0 Å². The van der Waals surface area contributed by atoms with Crippen molar-refractivity contribution >= 4 is 0 Å². The third-order valence-electron chi connectivity index (χ3n) is 4.56. The van der Waals surface area contributed by atoms with E-state index in [-0.39, 0.29) is 0 Å². The van der Waals surface area contributed by atoms with Gasteiger partial charge in [0.1, 0.15) is 0 Å². The Hall–Kier alpha value is -0.870. The molecule has 2 saturated heterocycles. The van der Waals surface area contributed by atoms with Crippen LogP contribution in [0, 0.1) is 11.8 Å². The van der Waals surface area contributed by atoms with Crippen molar-refractivity contribution in [2.45, 2.75) is 32.9 Å². The van der Waals surface area contributed by atoms with Crippen molar-refractivity contribution in [2.24, 2.45) is 11.8 Å². The molecule has 0 amide bonds. The number of rotatable bonds is 4. The van der Waals surface area contributed by atoms with E-state index < -0.39 is 0 Å². The zero-order valence-corrected chi connectivity index (χ0v) is 11.5. The molecule has 3 heterocycles. The molecule has 0 aromatic carbocycles. The highest BCUT2D eigenvalue weighted by atomic mass is 15.3. The maximum absolute atomic E-state index is 4.70. The van der Waals surface area contributed by atoms with E-state index >= 15 is 0 Å². The predicted molar refractivity (Wildman–Crippen MR) is 72.4 cm³/mol. The van der Waals surface area contributed by atoms with Crippen LogP contribution in [0.1, 0.15) is 32.0 Å². The highest BCUT2D eigenvalue weighted by Crippen LogP contribution is 2.27. The summed E-state index contributed by atoms with van der Waals surface area (Å²) in [7, 11) is 0. The number of nitrogens with zero attached hydrogens (tertiary/aromatic N) is 3. The summed E-state index contributed by atoms with van der Waals surface area (Å²) in [6.45, 7) is 10.4. The van der Waals surface area contributed by atoms with Crippen LogP contribution in [0.4, 0.5) is 0 Å². The average Bonchev–Trinajstić information content (AvgIpc) is 3.03. The second-order valence-electron chi connectivity index (χ2n) is 5.92. The lowest BCUT2D eigenvalue weighted by Crippen LogP contribution is -2.25. The van der Waals surface area contributed by atoms with Crippen molar-refractivity contribution in [3.8, 4) is 0 Å². The molecule has 3 atom stereocenters. The Balaban J connectivity index is 1.58. The van der Waals surface area contributed by atoms with Gasteiger partial charge in [-0.2, -0.15) is 5.10 Å². The zero-order chi connectivity index (χ0) is 12.5. The number of likely N-dealkylation sites (tertiary alicyclic amines) is 1. The van der Waals surface area contributed by atoms with Gasteiger partial charge >= 0.3 is 0 Å². The molecule has 1 N–H and O–H groups in total. The third kappa shape index (κ3) is 2.31. The molecule has 1 aromatic heterocycles. The Morgan fingerprint density at radius 2 is 2.11 bits per heavy atom. The highest BCUT2D eigenvalue weighted by Gasteiger charge is 2.35. The Kier molecular flexibility index (Phi) is 3.39. The quantitative estimate of drug-likeness (QED) is 0.876. The molecule has 0 radical (unpaired) electrons. The van der Waals surface area contributed by atoms with Crippen LogP contribution in [0.15, 0.2) is 12.3 Å². The molecule has 3 rings (SSSR count). The number of nitrogens with one attached hydrogen (secondary N) is 1. The van der Waals surface area contributed by atoms with Crippen LogP contribution in [-0.4, -0.2) is 40.9 Å². The molecule has 4 nitrogen and oxygen atoms in total. The van der Waals surface area contributed by atoms with Crippen molar-refractivity contribution in [1.82, 2.24) is 20.0 Å². The summed E-state index contributed by atoms with van der Waals surface area (Å²) in [5.74, 6) is 1.75. The summed E-state index contributed by atoms with van der Waals surface area (Å²) in [6, 6.07) is 2.69. The van der Waals surface area contributed by atoms with Gasteiger partial charge in [0.05, 0.1) is 5.69 Å². The molecule has 4 heteroatoms. The first-order valence-corrected chi connectivity index (χ1v) is 7.23. The lowest BCUT2D eigenvalue weighted by atomic mass is 10.0. The fourth-order valence-electron chi connectivity index (χ4n) is 3.20. The maximum Gasteiger partial charge on any atom is 0.0764 e. The first-order chi connectivity index (χ1) is 8.76. The van der Waals surface area contributed by atoms with Crippen LogP contribution in [0.5, 0.6) is 0 Å². The molecule has 2 aliphatic rings. The number of hydrogen-bond donors (Lipinski definition) is 1. The normalized spacial score (nSPS) is 29.7. The molecule has 2 aliphatic heterocycles. The van der Waals surface area contributed by atoms with Gasteiger partial charge in [-0.1, -0.05) is 6.92 Å². The fourth-order valence-corrected chi connectivity index (χ4v) is 3.20. The predicted octanol–water partition coefficient (Wildman–Crippen LogP) is 1.51. The van der Waals surface area contributed by atoms with Gasteiger partial charge in [-0.05, 0) is 44.3 Å². The Bertz CT molecular complexity index is 388. The molecule has 0 saturated carbocycles. The molecule has 1 aromatic rings. The van der Waals surface area contributed by atoms with Gasteiger partial charge in [0.15, 0.2) is 0 Å². The van der Waals surface area contributed by atoms with Gasteiger partial charge < -0.3 is 5.32 Å². The number of hydrogen-bond acceptors (Lipinski definition) is 3. The molecule has 18 heavy (non-hydrogen) atoms. The number of aromatic nitrogens is 2. The van der Waals surface area contributed by atoms with E-state index in [1.807, 2.05) is 0 Å². The van der Waals surface area contributed by atoms with E-state index in [2.05, 4.69) is 41.0 Å². The fraction of sp³-hybridized carbons (Fsp3) is 0.786. The van der Waals surface area contributed by atoms with E-state index in [1.165, 1.54) is 31.9 Å². The summed E-state index contributed by atoms with van der Waals surface area (Å²) < 4.78 is 2.10. The van der Waals surface area contributed by atoms with Crippen molar-refractivity contribution in [3.63, 3.8) is 0 Å². The second-order valence-corrected chi connectivity index (χ2v) is 5.92. The minimum atomic E-state index is 0.515. The summed E-state index contributed by atoms with van der Waals surface area (Å²) in [6.07, 6.45) is 3.27. The van der Waals surface area contributed by atoms with Gasteiger partial charge in [0, 0.05) is 31.9 Å². The van der Waals surface area contributed by atoms with E-state index in [1.54, 1.807) is 0 Å². The largest absolute Gasteiger partial charge is 0.316 e. The summed E-state index contributed by atoms with van der Waals surface area (Å²) in [5, 5.41) is 8.19. The SMILES string of the molecule is CCC(C)n1ccc(CN2C[C@H]3CNC[C@H]3C2)n1. The minimum absolute atomic E-state index is 0.515. The van der Waals surface area contributed by atoms with E-state index in [0.29, 0.717) is 6.04 Å². The zero-order valence-electron chi connectivity index (χ0n) is 11.5. The van der Waals surface area contributed by atoms with Crippen molar-refractivity contribution in [2.75, 3.05) is 26.2 Å². The van der Waals surface area contributed by atoms with Gasteiger partial charge in [-0.15, -0.1) is 0 Å². The van der Waals surface area contributed by atoms with Crippen LogP contribution in [0.25, 0.3) is 0 Å². The van der Waals surface area contributed by atoms with E-state index in [0.717, 1.165) is 24.8 Å². The number of fused-ring (bicyclic) bond motifs is 1. The highest BCUT2D eigenvalue weighted by molar-refractivity contribution is 5.01. The lowest BCUT2D eigenvalue weighted by molar-refractivity contribution is 0.299. The third-order valence-corrected chi connectivity index (χ3v) is 4.56. The van der Waals surface area contributed by atoms with Crippen LogP contribution in [0.3, 0.4) is 0 Å². The van der Waals surface area contributed by atoms with Crippen molar-refractivity contribution in [1.29, 1.82) is 0 Å². The Labute approximate surface area is 109 Å². The summed E-state index contributed by atoms with van der Waals surface area (Å²) in [4.78, 5) is 2.57. The Morgan fingerprint density at radius 3 is 2.78 bits per heavy atom. The van der Waals surface area contributed by atoms with Crippen LogP contribution in [-0.2, 0) is 6.54 Å². The van der Waals surface area contributed by atoms with Crippen LogP contribution < -0.4 is 5.32 Å². The van der Waals surface area contributed by atoms with Gasteiger partial charge in [0.2, 0.25) is 0 Å². The standard InChI is InChI=1S/C14H24N4/c1-3-11(2)18-5-4-14(16-18)10-17-8-12-6-15-7-13(12)9-17/h4-5,11-13,15H,3,6-10H2,1-2H3/t11?,12-,13+. The molecular weight excluding hydrogens is 224 g/mol. The molecular formula is C14H24N4. The molecule has 0 aliphatic carbocycles. The van der Waals surface area contributed by atoms with Crippen LogP contribution >= 0.6 is 0 Å². The first kappa shape index (κ1) is 12.2. The second kappa shape index (κ2) is 5.02. The molecule has 0 spiro atoms.